The zero-order valence-electron chi connectivity index (χ0n) is 15.3. The third-order valence-electron chi connectivity index (χ3n) is 3.85. The molecule has 0 saturated heterocycles. The number of carbonyl (C=O) groups excluding carboxylic acids is 3. The molecule has 2 aromatic carbocycles. The van der Waals surface area contributed by atoms with Crippen LogP contribution in [-0.2, 0) is 20.7 Å². The van der Waals surface area contributed by atoms with Crippen molar-refractivity contribution in [2.24, 2.45) is 0 Å². The molecule has 28 heavy (non-hydrogen) atoms. The van der Waals surface area contributed by atoms with E-state index in [2.05, 4.69) is 10.6 Å². The van der Waals surface area contributed by atoms with E-state index in [0.29, 0.717) is 16.8 Å². The van der Waals surface area contributed by atoms with Gasteiger partial charge in [0.25, 0.3) is 11.6 Å². The Hall–Kier alpha value is -3.75. The predicted molar refractivity (Wildman–Crippen MR) is 101 cm³/mol. The van der Waals surface area contributed by atoms with Gasteiger partial charge in [0.1, 0.15) is 6.04 Å². The smallest absolute Gasteiger partial charge is 0.328 e. The van der Waals surface area contributed by atoms with Gasteiger partial charge in [-0.15, -0.1) is 0 Å². The Morgan fingerprint density at radius 1 is 1.07 bits per heavy atom. The molecule has 1 atom stereocenters. The summed E-state index contributed by atoms with van der Waals surface area (Å²) in [7, 11) is 1.21. The zero-order chi connectivity index (χ0) is 20.7. The van der Waals surface area contributed by atoms with Crippen LogP contribution in [0.25, 0.3) is 0 Å². The Morgan fingerprint density at radius 2 is 1.68 bits per heavy atom. The number of amides is 2. The van der Waals surface area contributed by atoms with E-state index in [-0.39, 0.29) is 18.0 Å². The van der Waals surface area contributed by atoms with E-state index in [1.54, 1.807) is 12.1 Å². The molecule has 0 bridgehead atoms. The number of hydrogen-bond donors (Lipinski definition) is 2. The van der Waals surface area contributed by atoms with Crippen molar-refractivity contribution in [3.63, 3.8) is 0 Å². The van der Waals surface area contributed by atoms with Gasteiger partial charge in [-0.1, -0.05) is 12.1 Å². The molecule has 2 amide bonds. The average molecular weight is 385 g/mol. The number of nitrogens with one attached hydrogen (secondary N) is 2. The van der Waals surface area contributed by atoms with Gasteiger partial charge in [-0.25, -0.2) is 4.79 Å². The molecular weight excluding hydrogens is 366 g/mol. The number of ether oxygens (including phenoxy) is 1. The lowest BCUT2D eigenvalue weighted by Gasteiger charge is -2.17. The molecule has 0 heterocycles. The number of carbonyl (C=O) groups is 3. The maximum absolute atomic E-state index is 12.4. The molecule has 0 radical (unpaired) electrons. The number of methoxy groups -OCH3 is 1. The zero-order valence-corrected chi connectivity index (χ0v) is 15.3. The normalized spacial score (nSPS) is 11.2. The molecule has 0 saturated carbocycles. The number of non-ortho nitro benzene ring substituents is 1. The summed E-state index contributed by atoms with van der Waals surface area (Å²) in [6.07, 6.45) is 0.111. The minimum Gasteiger partial charge on any atom is -0.467 e. The predicted octanol–water partition coefficient (Wildman–Crippen LogP) is 2.07. The van der Waals surface area contributed by atoms with Crippen LogP contribution in [0.1, 0.15) is 22.8 Å². The lowest BCUT2D eigenvalue weighted by molar-refractivity contribution is -0.384. The second kappa shape index (κ2) is 9.26. The van der Waals surface area contributed by atoms with Crippen molar-refractivity contribution in [3.05, 3.63) is 69.8 Å². The van der Waals surface area contributed by atoms with Crippen LogP contribution in [0.4, 0.5) is 11.4 Å². The molecule has 0 unspecified atom stereocenters. The number of nitro benzene ring substituents is 1. The van der Waals surface area contributed by atoms with E-state index in [4.69, 9.17) is 4.74 Å². The molecule has 0 aliphatic rings. The number of rotatable bonds is 7. The summed E-state index contributed by atoms with van der Waals surface area (Å²) < 4.78 is 4.74. The summed E-state index contributed by atoms with van der Waals surface area (Å²) in [5.41, 5.74) is 1.40. The van der Waals surface area contributed by atoms with Crippen molar-refractivity contribution in [3.8, 4) is 0 Å². The molecule has 2 aromatic rings. The van der Waals surface area contributed by atoms with Crippen LogP contribution >= 0.6 is 0 Å². The number of nitrogens with zero attached hydrogens (tertiary/aromatic N) is 1. The van der Waals surface area contributed by atoms with Crippen LogP contribution in [0.15, 0.2) is 48.5 Å². The van der Waals surface area contributed by atoms with Crippen molar-refractivity contribution in [2.45, 2.75) is 19.4 Å². The van der Waals surface area contributed by atoms with E-state index in [1.807, 2.05) is 0 Å². The first-order valence-corrected chi connectivity index (χ1v) is 8.30. The van der Waals surface area contributed by atoms with E-state index in [0.717, 1.165) is 0 Å². The maximum Gasteiger partial charge on any atom is 0.328 e. The molecule has 0 aliphatic heterocycles. The largest absolute Gasteiger partial charge is 0.467 e. The van der Waals surface area contributed by atoms with Crippen molar-refractivity contribution >= 4 is 29.2 Å². The number of benzene rings is 2. The number of esters is 1. The molecule has 0 aliphatic carbocycles. The number of nitro groups is 1. The molecule has 9 nitrogen and oxygen atoms in total. The van der Waals surface area contributed by atoms with E-state index in [9.17, 15) is 24.5 Å². The van der Waals surface area contributed by atoms with Gasteiger partial charge in [-0.05, 0) is 29.8 Å². The molecule has 146 valence electrons. The second-order valence-corrected chi connectivity index (χ2v) is 5.94. The van der Waals surface area contributed by atoms with Crippen LogP contribution < -0.4 is 10.6 Å². The Kier molecular flexibility index (Phi) is 6.80. The fraction of sp³-hybridized carbons (Fsp3) is 0.211. The van der Waals surface area contributed by atoms with Crippen molar-refractivity contribution < 1.29 is 24.0 Å². The van der Waals surface area contributed by atoms with E-state index >= 15 is 0 Å². The quantitative estimate of drug-likeness (QED) is 0.427. The van der Waals surface area contributed by atoms with Gasteiger partial charge >= 0.3 is 5.97 Å². The van der Waals surface area contributed by atoms with Crippen LogP contribution in [0, 0.1) is 10.1 Å². The summed E-state index contributed by atoms with van der Waals surface area (Å²) in [5, 5.41) is 15.9. The fourth-order valence-electron chi connectivity index (χ4n) is 2.47. The topological polar surface area (TPSA) is 128 Å². The first-order chi connectivity index (χ1) is 13.3. The third kappa shape index (κ3) is 5.63. The minimum absolute atomic E-state index is 0.0679. The molecule has 2 rings (SSSR count). The van der Waals surface area contributed by atoms with Crippen LogP contribution in [0.3, 0.4) is 0 Å². The van der Waals surface area contributed by atoms with Crippen LogP contribution in [0.5, 0.6) is 0 Å². The standard InChI is InChI=1S/C19H19N3O6/c1-12(23)20-15-7-5-14(6-8-15)18(24)21-17(19(25)28-2)11-13-3-9-16(10-4-13)22(26)27/h3-10,17H,11H2,1-2H3,(H,20,23)(H,21,24)/t17-/m0/s1. The average Bonchev–Trinajstić information content (AvgIpc) is 2.67. The Bertz CT molecular complexity index is 878. The highest BCUT2D eigenvalue weighted by Gasteiger charge is 2.23. The summed E-state index contributed by atoms with van der Waals surface area (Å²) >= 11 is 0. The minimum atomic E-state index is -0.964. The first-order valence-electron chi connectivity index (χ1n) is 8.30. The molecule has 0 fully saturated rings. The van der Waals surface area contributed by atoms with Crippen LogP contribution in [0.2, 0.25) is 0 Å². The van der Waals surface area contributed by atoms with E-state index < -0.39 is 22.8 Å². The van der Waals surface area contributed by atoms with Crippen molar-refractivity contribution in [1.82, 2.24) is 5.32 Å². The van der Waals surface area contributed by atoms with Gasteiger partial charge in [0, 0.05) is 36.7 Å². The fourth-order valence-corrected chi connectivity index (χ4v) is 2.47. The van der Waals surface area contributed by atoms with E-state index in [1.165, 1.54) is 50.4 Å². The summed E-state index contributed by atoms with van der Waals surface area (Å²) in [5.74, 6) is -1.36. The molecule has 0 aromatic heterocycles. The van der Waals surface area contributed by atoms with Crippen LogP contribution in [-0.4, -0.2) is 35.9 Å². The highest BCUT2D eigenvalue weighted by molar-refractivity contribution is 5.97. The Morgan fingerprint density at radius 3 is 2.18 bits per heavy atom. The van der Waals surface area contributed by atoms with Gasteiger partial charge in [0.15, 0.2) is 0 Å². The number of anilines is 1. The summed E-state index contributed by atoms with van der Waals surface area (Å²) in [6.45, 7) is 1.37. The first kappa shape index (κ1) is 20.6. The number of hydrogen-bond acceptors (Lipinski definition) is 6. The van der Waals surface area contributed by atoms with Crippen molar-refractivity contribution in [1.29, 1.82) is 0 Å². The molecular formula is C19H19N3O6. The highest BCUT2D eigenvalue weighted by atomic mass is 16.6. The molecule has 0 spiro atoms. The lowest BCUT2D eigenvalue weighted by Crippen LogP contribution is -2.43. The van der Waals surface area contributed by atoms with Gasteiger partial charge in [-0.3, -0.25) is 19.7 Å². The lowest BCUT2D eigenvalue weighted by atomic mass is 10.0. The SMILES string of the molecule is COC(=O)[C@H](Cc1ccc([N+](=O)[O-])cc1)NC(=O)c1ccc(NC(C)=O)cc1. The van der Waals surface area contributed by atoms with Gasteiger partial charge in [0.2, 0.25) is 5.91 Å². The molecule has 9 heteroatoms. The Balaban J connectivity index is 2.10. The van der Waals surface area contributed by atoms with Gasteiger partial charge in [0.05, 0.1) is 12.0 Å². The van der Waals surface area contributed by atoms with Gasteiger partial charge in [-0.2, -0.15) is 0 Å². The highest BCUT2D eigenvalue weighted by Crippen LogP contribution is 2.14. The second-order valence-electron chi connectivity index (χ2n) is 5.94. The van der Waals surface area contributed by atoms with Crippen molar-refractivity contribution in [2.75, 3.05) is 12.4 Å². The summed E-state index contributed by atoms with van der Waals surface area (Å²) in [4.78, 5) is 45.7. The molecule has 2 N–H and O–H groups in total. The third-order valence-corrected chi connectivity index (χ3v) is 3.85. The van der Waals surface area contributed by atoms with Gasteiger partial charge < -0.3 is 15.4 Å². The summed E-state index contributed by atoms with van der Waals surface area (Å²) in [6, 6.07) is 10.9. The Labute approximate surface area is 160 Å². The maximum atomic E-state index is 12.4. The monoisotopic (exact) mass is 385 g/mol.